The van der Waals surface area contributed by atoms with Crippen molar-refractivity contribution in [3.8, 4) is 0 Å². The van der Waals surface area contributed by atoms with Gasteiger partial charge in [-0.05, 0) is 26.3 Å². The Kier molecular flexibility index (Phi) is 6.01. The third-order valence-corrected chi connectivity index (χ3v) is 3.67. The molecule has 1 atom stereocenters. The Morgan fingerprint density at radius 3 is 2.44 bits per heavy atom. The van der Waals surface area contributed by atoms with Crippen LogP contribution in [0.15, 0.2) is 30.3 Å². The summed E-state index contributed by atoms with van der Waals surface area (Å²) in [5.41, 5.74) is 0.255. The summed E-state index contributed by atoms with van der Waals surface area (Å²) < 4.78 is 10.6. The van der Waals surface area contributed by atoms with Crippen LogP contribution in [0.2, 0.25) is 0 Å². The highest BCUT2D eigenvalue weighted by atomic mass is 16.6. The van der Waals surface area contributed by atoms with Gasteiger partial charge in [-0.1, -0.05) is 30.3 Å². The molecule has 0 saturated carbocycles. The molecule has 1 heterocycles. The molecular weight excluding hydrogens is 324 g/mol. The molecule has 0 N–H and O–H groups in total. The second-order valence-electron chi connectivity index (χ2n) is 6.86. The van der Waals surface area contributed by atoms with Crippen LogP contribution < -0.4 is 0 Å². The van der Waals surface area contributed by atoms with Gasteiger partial charge in [-0.25, -0.2) is 9.59 Å². The minimum atomic E-state index is -0.746. The summed E-state index contributed by atoms with van der Waals surface area (Å²) in [7, 11) is 0. The van der Waals surface area contributed by atoms with Crippen LogP contribution in [0.4, 0.5) is 9.59 Å². The van der Waals surface area contributed by atoms with Crippen molar-refractivity contribution in [2.24, 2.45) is 0 Å². The van der Waals surface area contributed by atoms with Gasteiger partial charge in [0.2, 0.25) is 0 Å². The van der Waals surface area contributed by atoms with E-state index in [1.54, 1.807) is 20.8 Å². The van der Waals surface area contributed by atoms with Crippen LogP contribution in [0.25, 0.3) is 0 Å². The lowest BCUT2D eigenvalue weighted by atomic mass is 10.2. The lowest BCUT2D eigenvalue weighted by Gasteiger charge is -2.38. The summed E-state index contributed by atoms with van der Waals surface area (Å²) in [6.07, 6.45) is -0.401. The second kappa shape index (κ2) is 8.00. The number of rotatable bonds is 3. The zero-order valence-electron chi connectivity index (χ0n) is 14.8. The average molecular weight is 348 g/mol. The van der Waals surface area contributed by atoms with E-state index in [0.717, 1.165) is 5.56 Å². The van der Waals surface area contributed by atoms with E-state index in [9.17, 15) is 14.4 Å². The van der Waals surface area contributed by atoms with Crippen molar-refractivity contribution >= 4 is 18.5 Å². The maximum Gasteiger partial charge on any atom is 0.410 e. The first-order chi connectivity index (χ1) is 11.8. The minimum Gasteiger partial charge on any atom is -0.445 e. The zero-order chi connectivity index (χ0) is 18.4. The molecule has 0 radical (unpaired) electrons. The molecule has 136 valence electrons. The van der Waals surface area contributed by atoms with Gasteiger partial charge in [0.15, 0.2) is 0 Å². The van der Waals surface area contributed by atoms with Crippen LogP contribution in [0.3, 0.4) is 0 Å². The Bertz CT molecular complexity index is 612. The van der Waals surface area contributed by atoms with Crippen LogP contribution in [-0.4, -0.2) is 59.5 Å². The fourth-order valence-electron chi connectivity index (χ4n) is 2.45. The predicted octanol–water partition coefficient (Wildman–Crippen LogP) is 2.44. The maximum atomic E-state index is 12.3. The van der Waals surface area contributed by atoms with E-state index in [0.29, 0.717) is 12.8 Å². The second-order valence-corrected chi connectivity index (χ2v) is 6.86. The van der Waals surface area contributed by atoms with Gasteiger partial charge >= 0.3 is 12.2 Å². The Morgan fingerprint density at radius 2 is 1.84 bits per heavy atom. The number of carbonyl (C=O) groups is 3. The van der Waals surface area contributed by atoms with Crippen molar-refractivity contribution in [2.45, 2.75) is 39.0 Å². The van der Waals surface area contributed by atoms with E-state index in [1.165, 1.54) is 9.80 Å². The van der Waals surface area contributed by atoms with Crippen LogP contribution in [-0.2, 0) is 20.9 Å². The van der Waals surface area contributed by atoms with Crippen molar-refractivity contribution in [1.29, 1.82) is 0 Å². The summed E-state index contributed by atoms with van der Waals surface area (Å²) >= 11 is 0. The highest BCUT2D eigenvalue weighted by molar-refractivity contribution is 5.76. The number of benzene rings is 1. The van der Waals surface area contributed by atoms with E-state index in [-0.39, 0.29) is 19.7 Å². The molecule has 0 unspecified atom stereocenters. The van der Waals surface area contributed by atoms with Gasteiger partial charge in [0.25, 0.3) is 0 Å². The molecule has 1 saturated heterocycles. The zero-order valence-corrected chi connectivity index (χ0v) is 14.8. The molecule has 25 heavy (non-hydrogen) atoms. The Labute approximate surface area is 147 Å². The van der Waals surface area contributed by atoms with Crippen LogP contribution in [0, 0.1) is 0 Å². The fourth-order valence-corrected chi connectivity index (χ4v) is 2.45. The molecule has 2 rings (SSSR count). The predicted molar refractivity (Wildman–Crippen MR) is 91.0 cm³/mol. The Morgan fingerprint density at radius 1 is 1.16 bits per heavy atom. The monoisotopic (exact) mass is 348 g/mol. The molecule has 1 aromatic carbocycles. The van der Waals surface area contributed by atoms with Crippen molar-refractivity contribution in [1.82, 2.24) is 9.80 Å². The van der Waals surface area contributed by atoms with Crippen molar-refractivity contribution in [3.05, 3.63) is 35.9 Å². The first-order valence-corrected chi connectivity index (χ1v) is 8.20. The molecule has 0 spiro atoms. The van der Waals surface area contributed by atoms with Gasteiger partial charge in [0.05, 0.1) is 6.54 Å². The fraction of sp³-hybridized carbons (Fsp3) is 0.500. The van der Waals surface area contributed by atoms with Crippen LogP contribution >= 0.6 is 0 Å². The van der Waals surface area contributed by atoms with E-state index in [1.807, 2.05) is 30.3 Å². The van der Waals surface area contributed by atoms with E-state index in [2.05, 4.69) is 0 Å². The number of nitrogens with zero attached hydrogens (tertiary/aromatic N) is 2. The number of piperazine rings is 1. The third-order valence-electron chi connectivity index (χ3n) is 3.67. The Balaban J connectivity index is 1.91. The van der Waals surface area contributed by atoms with Gasteiger partial charge in [0.1, 0.15) is 24.5 Å². The smallest absolute Gasteiger partial charge is 0.410 e. The SMILES string of the molecule is CC(C)(C)OC(=O)N1CCN(C(=O)OCc2ccccc2)[C@H](C=O)C1. The summed E-state index contributed by atoms with van der Waals surface area (Å²) in [5.74, 6) is 0. The molecule has 7 nitrogen and oxygen atoms in total. The summed E-state index contributed by atoms with van der Waals surface area (Å²) in [6, 6.07) is 8.55. The summed E-state index contributed by atoms with van der Waals surface area (Å²) in [4.78, 5) is 38.5. The highest BCUT2D eigenvalue weighted by Crippen LogP contribution is 2.15. The summed E-state index contributed by atoms with van der Waals surface area (Å²) in [6.45, 7) is 6.07. The molecule has 7 heteroatoms. The Hall–Kier alpha value is -2.57. The number of carbonyl (C=O) groups excluding carboxylic acids is 3. The van der Waals surface area contributed by atoms with E-state index < -0.39 is 23.8 Å². The van der Waals surface area contributed by atoms with Crippen LogP contribution in [0.5, 0.6) is 0 Å². The minimum absolute atomic E-state index is 0.0961. The lowest BCUT2D eigenvalue weighted by molar-refractivity contribution is -0.113. The molecule has 2 amide bonds. The number of hydrogen-bond acceptors (Lipinski definition) is 5. The van der Waals surface area contributed by atoms with Gasteiger partial charge in [-0.15, -0.1) is 0 Å². The van der Waals surface area contributed by atoms with Gasteiger partial charge < -0.3 is 19.2 Å². The molecule has 0 aromatic heterocycles. The number of aldehydes is 1. The maximum absolute atomic E-state index is 12.3. The third kappa shape index (κ3) is 5.48. The molecular formula is C18H24N2O5. The van der Waals surface area contributed by atoms with Gasteiger partial charge in [-0.3, -0.25) is 4.90 Å². The number of hydrogen-bond donors (Lipinski definition) is 0. The first kappa shape index (κ1) is 18.8. The molecule has 1 aliphatic rings. The van der Waals surface area contributed by atoms with Crippen molar-refractivity contribution in [2.75, 3.05) is 19.6 Å². The normalized spacial score (nSPS) is 17.8. The number of amides is 2. The molecule has 1 fully saturated rings. The van der Waals surface area contributed by atoms with Crippen LogP contribution in [0.1, 0.15) is 26.3 Å². The standard InChI is InChI=1S/C18H24N2O5/c1-18(2,3)25-16(22)19-9-10-20(15(11-19)12-21)17(23)24-13-14-7-5-4-6-8-14/h4-8,12,15H,9-11,13H2,1-3H3/t15-/m0/s1. The molecule has 1 aromatic rings. The summed E-state index contributed by atoms with van der Waals surface area (Å²) in [5, 5.41) is 0. The lowest BCUT2D eigenvalue weighted by Crippen LogP contribution is -2.57. The number of ether oxygens (including phenoxy) is 2. The average Bonchev–Trinajstić information content (AvgIpc) is 2.58. The first-order valence-electron chi connectivity index (χ1n) is 8.20. The van der Waals surface area contributed by atoms with Gasteiger partial charge in [0, 0.05) is 13.1 Å². The van der Waals surface area contributed by atoms with Crippen molar-refractivity contribution in [3.63, 3.8) is 0 Å². The highest BCUT2D eigenvalue weighted by Gasteiger charge is 2.34. The van der Waals surface area contributed by atoms with Gasteiger partial charge in [-0.2, -0.15) is 0 Å². The molecule has 0 aliphatic carbocycles. The molecule has 0 bridgehead atoms. The van der Waals surface area contributed by atoms with E-state index in [4.69, 9.17) is 9.47 Å². The largest absolute Gasteiger partial charge is 0.445 e. The molecule has 1 aliphatic heterocycles. The topological polar surface area (TPSA) is 76.2 Å². The van der Waals surface area contributed by atoms with Crippen molar-refractivity contribution < 1.29 is 23.9 Å². The quantitative estimate of drug-likeness (QED) is 0.784. The van der Waals surface area contributed by atoms with E-state index >= 15 is 0 Å².